The molecule has 2 amide bonds. The lowest BCUT2D eigenvalue weighted by Crippen LogP contribution is -2.47. The number of hydrogen-bond donors (Lipinski definition) is 1. The quantitative estimate of drug-likeness (QED) is 0.928. The van der Waals surface area contributed by atoms with E-state index in [4.69, 9.17) is 0 Å². The second-order valence-corrected chi connectivity index (χ2v) is 6.41. The molecule has 1 aliphatic heterocycles. The Kier molecular flexibility index (Phi) is 4.81. The van der Waals surface area contributed by atoms with Crippen LogP contribution in [0.5, 0.6) is 0 Å². The zero-order chi connectivity index (χ0) is 14.7. The first kappa shape index (κ1) is 15.0. The Morgan fingerprint density at radius 1 is 1.60 bits per heavy atom. The van der Waals surface area contributed by atoms with Crippen molar-refractivity contribution in [1.29, 1.82) is 0 Å². The summed E-state index contributed by atoms with van der Waals surface area (Å²) in [6, 6.07) is 4.03. The Hall–Kier alpha value is -1.36. The third-order valence-corrected chi connectivity index (χ3v) is 4.98. The second-order valence-electron chi connectivity index (χ2n) is 5.43. The monoisotopic (exact) mass is 294 g/mol. The molecule has 0 bridgehead atoms. The summed E-state index contributed by atoms with van der Waals surface area (Å²) in [5.74, 6) is 0.0402. The first-order valence-corrected chi connectivity index (χ1v) is 8.02. The summed E-state index contributed by atoms with van der Waals surface area (Å²) in [7, 11) is 1.80. The van der Waals surface area contributed by atoms with Crippen molar-refractivity contribution >= 4 is 23.2 Å². The van der Waals surface area contributed by atoms with Crippen LogP contribution in [0.15, 0.2) is 17.5 Å². The Bertz CT molecular complexity index is 472. The smallest absolute Gasteiger partial charge is 0.225 e. The van der Waals surface area contributed by atoms with Crippen LogP contribution in [0.25, 0.3) is 0 Å². The molecule has 2 heterocycles. The molecule has 4 nitrogen and oxygen atoms in total. The number of carbonyl (C=O) groups excluding carboxylic acids is 2. The molecule has 0 spiro atoms. The largest absolute Gasteiger partial charge is 0.353 e. The highest BCUT2D eigenvalue weighted by Crippen LogP contribution is 2.37. The van der Waals surface area contributed by atoms with Gasteiger partial charge in [-0.25, -0.2) is 0 Å². The summed E-state index contributed by atoms with van der Waals surface area (Å²) in [4.78, 5) is 27.2. The Morgan fingerprint density at radius 2 is 2.35 bits per heavy atom. The van der Waals surface area contributed by atoms with Crippen LogP contribution in [0.2, 0.25) is 0 Å². The number of rotatable bonds is 4. The van der Waals surface area contributed by atoms with Crippen LogP contribution >= 0.6 is 11.3 Å². The fraction of sp³-hybridized carbons (Fsp3) is 0.600. The lowest BCUT2D eigenvalue weighted by molar-refractivity contribution is -0.141. The number of piperidine rings is 1. The van der Waals surface area contributed by atoms with Gasteiger partial charge in [-0.2, -0.15) is 0 Å². The molecule has 1 aliphatic rings. The third-order valence-electron chi connectivity index (χ3n) is 4.03. The lowest BCUT2D eigenvalue weighted by Gasteiger charge is -2.38. The maximum atomic E-state index is 12.5. The highest BCUT2D eigenvalue weighted by atomic mass is 32.1. The molecule has 3 atom stereocenters. The normalized spacial score (nSPS) is 24.6. The number of nitrogens with zero attached hydrogens (tertiary/aromatic N) is 1. The Labute approximate surface area is 124 Å². The van der Waals surface area contributed by atoms with E-state index in [1.807, 2.05) is 24.4 Å². The fourth-order valence-electron chi connectivity index (χ4n) is 2.61. The molecule has 1 N–H and O–H groups in total. The highest BCUT2D eigenvalue weighted by molar-refractivity contribution is 7.10. The molecule has 5 heteroatoms. The van der Waals surface area contributed by atoms with E-state index < -0.39 is 0 Å². The van der Waals surface area contributed by atoms with Crippen molar-refractivity contribution in [3.8, 4) is 0 Å². The van der Waals surface area contributed by atoms with Crippen molar-refractivity contribution in [2.24, 2.45) is 5.92 Å². The van der Waals surface area contributed by atoms with Gasteiger partial charge in [-0.3, -0.25) is 9.59 Å². The zero-order valence-corrected chi connectivity index (χ0v) is 13.1. The van der Waals surface area contributed by atoms with Crippen molar-refractivity contribution < 1.29 is 9.59 Å². The maximum absolute atomic E-state index is 12.5. The molecule has 0 radical (unpaired) electrons. The SMILES string of the molecule is CC[C@H](C)NC(=O)[C@@H]1CCC(=O)N(C)[C@@H]1c1cccs1. The summed E-state index contributed by atoms with van der Waals surface area (Å²) in [5, 5.41) is 5.05. The molecule has 20 heavy (non-hydrogen) atoms. The molecule has 1 aromatic heterocycles. The van der Waals surface area contributed by atoms with E-state index in [1.54, 1.807) is 23.3 Å². The molecular weight excluding hydrogens is 272 g/mol. The number of likely N-dealkylation sites (tertiary alicyclic amines) is 1. The van der Waals surface area contributed by atoms with Gasteiger partial charge in [0.25, 0.3) is 0 Å². The standard InChI is InChI=1S/C15H22N2O2S/c1-4-10(2)16-15(19)11-7-8-13(18)17(3)14(11)12-6-5-9-20-12/h5-6,9-11,14H,4,7-8H2,1-3H3,(H,16,19)/t10-,11+,14-/m0/s1. The predicted octanol–water partition coefficient (Wildman–Crippen LogP) is 2.57. The van der Waals surface area contributed by atoms with E-state index in [9.17, 15) is 9.59 Å². The minimum atomic E-state index is -0.148. The van der Waals surface area contributed by atoms with Gasteiger partial charge in [0.05, 0.1) is 12.0 Å². The number of carbonyl (C=O) groups is 2. The number of nitrogens with one attached hydrogen (secondary N) is 1. The van der Waals surface area contributed by atoms with Gasteiger partial charge in [0.2, 0.25) is 11.8 Å². The van der Waals surface area contributed by atoms with Crippen LogP contribution in [-0.4, -0.2) is 29.8 Å². The van der Waals surface area contributed by atoms with Crippen LogP contribution in [0.1, 0.15) is 44.0 Å². The second kappa shape index (κ2) is 6.39. The van der Waals surface area contributed by atoms with Gasteiger partial charge in [-0.1, -0.05) is 13.0 Å². The molecular formula is C15H22N2O2S. The van der Waals surface area contributed by atoms with Crippen molar-refractivity contribution in [3.63, 3.8) is 0 Å². The fourth-order valence-corrected chi connectivity index (χ4v) is 3.55. The summed E-state index contributed by atoms with van der Waals surface area (Å²) in [6.45, 7) is 4.06. The lowest BCUT2D eigenvalue weighted by atomic mass is 9.87. The van der Waals surface area contributed by atoms with Gasteiger partial charge in [0.1, 0.15) is 0 Å². The van der Waals surface area contributed by atoms with Gasteiger partial charge < -0.3 is 10.2 Å². The van der Waals surface area contributed by atoms with Gasteiger partial charge in [-0.15, -0.1) is 11.3 Å². The minimum absolute atomic E-state index is 0.0668. The van der Waals surface area contributed by atoms with Crippen LogP contribution in [0.3, 0.4) is 0 Å². The minimum Gasteiger partial charge on any atom is -0.353 e. The molecule has 1 saturated heterocycles. The topological polar surface area (TPSA) is 49.4 Å². The molecule has 0 aromatic carbocycles. The number of hydrogen-bond acceptors (Lipinski definition) is 3. The zero-order valence-electron chi connectivity index (χ0n) is 12.3. The number of thiophene rings is 1. The molecule has 0 aliphatic carbocycles. The van der Waals surface area contributed by atoms with Gasteiger partial charge in [0, 0.05) is 24.4 Å². The van der Waals surface area contributed by atoms with Crippen molar-refractivity contribution in [2.75, 3.05) is 7.05 Å². The maximum Gasteiger partial charge on any atom is 0.225 e. The molecule has 1 aromatic rings. The first-order valence-electron chi connectivity index (χ1n) is 7.14. The summed E-state index contributed by atoms with van der Waals surface area (Å²) in [5.41, 5.74) is 0. The van der Waals surface area contributed by atoms with E-state index in [2.05, 4.69) is 12.2 Å². The first-order chi connectivity index (χ1) is 9.54. The third kappa shape index (κ3) is 3.03. The molecule has 110 valence electrons. The molecule has 2 rings (SSSR count). The molecule has 1 fully saturated rings. The van der Waals surface area contributed by atoms with E-state index in [0.717, 1.165) is 11.3 Å². The average Bonchev–Trinajstić information content (AvgIpc) is 2.95. The number of amides is 2. The van der Waals surface area contributed by atoms with Crippen molar-refractivity contribution in [2.45, 2.75) is 45.2 Å². The van der Waals surface area contributed by atoms with E-state index in [-0.39, 0.29) is 29.8 Å². The summed E-state index contributed by atoms with van der Waals surface area (Å²) < 4.78 is 0. The predicted molar refractivity (Wildman–Crippen MR) is 80.4 cm³/mol. The van der Waals surface area contributed by atoms with Crippen molar-refractivity contribution in [3.05, 3.63) is 22.4 Å². The van der Waals surface area contributed by atoms with E-state index in [0.29, 0.717) is 12.8 Å². The van der Waals surface area contributed by atoms with Crippen LogP contribution < -0.4 is 5.32 Å². The Morgan fingerprint density at radius 3 is 2.95 bits per heavy atom. The van der Waals surface area contributed by atoms with Crippen LogP contribution in [-0.2, 0) is 9.59 Å². The van der Waals surface area contributed by atoms with Crippen molar-refractivity contribution in [1.82, 2.24) is 10.2 Å². The van der Waals surface area contributed by atoms with E-state index >= 15 is 0 Å². The Balaban J connectivity index is 2.21. The highest BCUT2D eigenvalue weighted by Gasteiger charge is 2.39. The molecule has 0 unspecified atom stereocenters. The summed E-state index contributed by atoms with van der Waals surface area (Å²) >= 11 is 1.61. The average molecular weight is 294 g/mol. The van der Waals surface area contributed by atoms with Crippen LogP contribution in [0, 0.1) is 5.92 Å². The van der Waals surface area contributed by atoms with Gasteiger partial charge in [0.15, 0.2) is 0 Å². The molecule has 0 saturated carbocycles. The van der Waals surface area contributed by atoms with Gasteiger partial charge in [-0.05, 0) is 31.2 Å². The van der Waals surface area contributed by atoms with Crippen LogP contribution in [0.4, 0.5) is 0 Å². The van der Waals surface area contributed by atoms with Gasteiger partial charge >= 0.3 is 0 Å². The van der Waals surface area contributed by atoms with E-state index in [1.165, 1.54) is 0 Å². The summed E-state index contributed by atoms with van der Waals surface area (Å²) in [6.07, 6.45) is 2.00.